The Morgan fingerprint density at radius 2 is 1.81 bits per heavy atom. The SMILES string of the molecule is CCN(CC)CCCN(CC)C(=O)c1cc(I)ccc1Br. The molecule has 0 heterocycles. The quantitative estimate of drug-likeness (QED) is 0.534. The highest BCUT2D eigenvalue weighted by Crippen LogP contribution is 2.21. The molecule has 0 bridgehead atoms. The van der Waals surface area contributed by atoms with Crippen LogP contribution in [-0.2, 0) is 0 Å². The highest BCUT2D eigenvalue weighted by molar-refractivity contribution is 14.1. The fraction of sp³-hybridized carbons (Fsp3) is 0.562. The van der Waals surface area contributed by atoms with E-state index in [-0.39, 0.29) is 5.91 Å². The molecular formula is C16H24BrIN2O. The van der Waals surface area contributed by atoms with Crippen LogP contribution in [-0.4, -0.2) is 48.4 Å². The maximum Gasteiger partial charge on any atom is 0.255 e. The van der Waals surface area contributed by atoms with Gasteiger partial charge in [0.15, 0.2) is 0 Å². The Balaban J connectivity index is 2.67. The molecule has 0 spiro atoms. The number of carbonyl (C=O) groups is 1. The van der Waals surface area contributed by atoms with Gasteiger partial charge in [-0.15, -0.1) is 0 Å². The Kier molecular flexibility index (Phi) is 8.82. The minimum absolute atomic E-state index is 0.113. The normalized spacial score (nSPS) is 11.0. The summed E-state index contributed by atoms with van der Waals surface area (Å²) < 4.78 is 1.95. The van der Waals surface area contributed by atoms with E-state index in [2.05, 4.69) is 57.3 Å². The van der Waals surface area contributed by atoms with Crippen LogP contribution in [0.15, 0.2) is 22.7 Å². The van der Waals surface area contributed by atoms with E-state index < -0.39 is 0 Å². The Bertz CT molecular complexity index is 464. The second-order valence-electron chi connectivity index (χ2n) is 4.89. The van der Waals surface area contributed by atoms with Gasteiger partial charge in [0.05, 0.1) is 5.56 Å². The van der Waals surface area contributed by atoms with Crippen LogP contribution in [0, 0.1) is 3.57 Å². The molecule has 0 aliphatic rings. The third kappa shape index (κ3) is 5.87. The van der Waals surface area contributed by atoms with Gasteiger partial charge in [0.1, 0.15) is 0 Å². The molecule has 1 aromatic rings. The van der Waals surface area contributed by atoms with E-state index in [1.165, 1.54) is 0 Å². The second-order valence-corrected chi connectivity index (χ2v) is 6.99. The summed E-state index contributed by atoms with van der Waals surface area (Å²) in [5.41, 5.74) is 0.756. The smallest absolute Gasteiger partial charge is 0.255 e. The van der Waals surface area contributed by atoms with Gasteiger partial charge in [-0.3, -0.25) is 4.79 Å². The average Bonchev–Trinajstić information content (AvgIpc) is 2.49. The number of carbonyl (C=O) groups excluding carboxylic acids is 1. The maximum atomic E-state index is 12.6. The lowest BCUT2D eigenvalue weighted by molar-refractivity contribution is 0.0756. The van der Waals surface area contributed by atoms with Gasteiger partial charge in [0, 0.05) is 21.1 Å². The zero-order valence-electron chi connectivity index (χ0n) is 13.0. The number of halogens is 2. The monoisotopic (exact) mass is 466 g/mol. The Labute approximate surface area is 150 Å². The number of hydrogen-bond acceptors (Lipinski definition) is 2. The van der Waals surface area contributed by atoms with E-state index in [1.54, 1.807) is 0 Å². The summed E-state index contributed by atoms with van der Waals surface area (Å²) in [6.07, 6.45) is 1.02. The van der Waals surface area contributed by atoms with Crippen molar-refractivity contribution in [3.8, 4) is 0 Å². The Morgan fingerprint density at radius 3 is 2.38 bits per heavy atom. The van der Waals surface area contributed by atoms with E-state index in [4.69, 9.17) is 0 Å². The minimum Gasteiger partial charge on any atom is -0.339 e. The van der Waals surface area contributed by atoms with E-state index >= 15 is 0 Å². The van der Waals surface area contributed by atoms with Crippen molar-refractivity contribution >= 4 is 44.4 Å². The first-order valence-corrected chi connectivity index (χ1v) is 9.37. The van der Waals surface area contributed by atoms with Crippen LogP contribution in [0.5, 0.6) is 0 Å². The van der Waals surface area contributed by atoms with Crippen molar-refractivity contribution in [3.63, 3.8) is 0 Å². The summed E-state index contributed by atoms with van der Waals surface area (Å²) in [5.74, 6) is 0.113. The summed E-state index contributed by atoms with van der Waals surface area (Å²) in [7, 11) is 0. The molecule has 0 aliphatic heterocycles. The van der Waals surface area contributed by atoms with Crippen LogP contribution in [0.3, 0.4) is 0 Å². The molecule has 1 rings (SSSR count). The molecule has 1 aromatic carbocycles. The van der Waals surface area contributed by atoms with Crippen molar-refractivity contribution in [3.05, 3.63) is 31.8 Å². The largest absolute Gasteiger partial charge is 0.339 e. The van der Waals surface area contributed by atoms with Crippen molar-refractivity contribution in [1.29, 1.82) is 0 Å². The van der Waals surface area contributed by atoms with Gasteiger partial charge in [-0.05, 0) is 89.7 Å². The van der Waals surface area contributed by atoms with Crippen LogP contribution in [0.2, 0.25) is 0 Å². The molecule has 0 atom stereocenters. The molecule has 5 heteroatoms. The number of benzene rings is 1. The highest BCUT2D eigenvalue weighted by Gasteiger charge is 2.17. The first-order chi connectivity index (χ1) is 10.0. The molecule has 118 valence electrons. The Hall–Kier alpha value is -0.140. The van der Waals surface area contributed by atoms with Crippen LogP contribution in [0.25, 0.3) is 0 Å². The summed E-state index contributed by atoms with van der Waals surface area (Å²) in [6, 6.07) is 5.89. The molecule has 0 radical (unpaired) electrons. The molecule has 0 aliphatic carbocycles. The van der Waals surface area contributed by atoms with Gasteiger partial charge >= 0.3 is 0 Å². The second kappa shape index (κ2) is 9.79. The summed E-state index contributed by atoms with van der Waals surface area (Å²) >= 11 is 5.72. The van der Waals surface area contributed by atoms with Gasteiger partial charge in [-0.2, -0.15) is 0 Å². The first-order valence-electron chi connectivity index (χ1n) is 7.50. The topological polar surface area (TPSA) is 23.6 Å². The number of nitrogens with zero attached hydrogens (tertiary/aromatic N) is 2. The van der Waals surface area contributed by atoms with Crippen LogP contribution >= 0.6 is 38.5 Å². The van der Waals surface area contributed by atoms with Gasteiger partial charge in [0.2, 0.25) is 0 Å². The van der Waals surface area contributed by atoms with Crippen LogP contribution in [0.1, 0.15) is 37.6 Å². The lowest BCUT2D eigenvalue weighted by Gasteiger charge is -2.24. The lowest BCUT2D eigenvalue weighted by Crippen LogP contribution is -2.34. The summed E-state index contributed by atoms with van der Waals surface area (Å²) in [4.78, 5) is 17.0. The first kappa shape index (κ1) is 18.9. The van der Waals surface area contributed by atoms with Gasteiger partial charge in [0.25, 0.3) is 5.91 Å². The molecule has 0 aromatic heterocycles. The maximum absolute atomic E-state index is 12.6. The van der Waals surface area contributed by atoms with Gasteiger partial charge < -0.3 is 9.80 Å². The fourth-order valence-corrected chi connectivity index (χ4v) is 3.17. The number of hydrogen-bond donors (Lipinski definition) is 0. The predicted octanol–water partition coefficient (Wildman–Crippen LogP) is 4.25. The molecule has 0 saturated heterocycles. The predicted molar refractivity (Wildman–Crippen MR) is 101 cm³/mol. The Morgan fingerprint density at radius 1 is 1.14 bits per heavy atom. The molecule has 0 N–H and O–H groups in total. The van der Waals surface area contributed by atoms with E-state index in [1.807, 2.05) is 30.0 Å². The van der Waals surface area contributed by atoms with E-state index in [0.717, 1.165) is 52.8 Å². The number of amides is 1. The fourth-order valence-electron chi connectivity index (χ4n) is 2.26. The van der Waals surface area contributed by atoms with Crippen molar-refractivity contribution in [2.75, 3.05) is 32.7 Å². The minimum atomic E-state index is 0.113. The van der Waals surface area contributed by atoms with Crippen LogP contribution in [0.4, 0.5) is 0 Å². The van der Waals surface area contributed by atoms with Crippen molar-refractivity contribution in [2.45, 2.75) is 27.2 Å². The van der Waals surface area contributed by atoms with E-state index in [0.29, 0.717) is 0 Å². The standard InChI is InChI=1S/C16H24BrIN2O/c1-4-19(5-2)10-7-11-20(6-3)16(21)14-12-13(18)8-9-15(14)17/h8-9,12H,4-7,10-11H2,1-3H3. The lowest BCUT2D eigenvalue weighted by atomic mass is 10.2. The molecule has 0 unspecified atom stereocenters. The number of rotatable bonds is 8. The van der Waals surface area contributed by atoms with Crippen LogP contribution < -0.4 is 0 Å². The molecule has 21 heavy (non-hydrogen) atoms. The van der Waals surface area contributed by atoms with E-state index in [9.17, 15) is 4.79 Å². The highest BCUT2D eigenvalue weighted by atomic mass is 127. The van der Waals surface area contributed by atoms with Gasteiger partial charge in [-0.25, -0.2) is 0 Å². The molecule has 0 fully saturated rings. The zero-order chi connectivity index (χ0) is 15.8. The van der Waals surface area contributed by atoms with Crippen molar-refractivity contribution < 1.29 is 4.79 Å². The average molecular weight is 467 g/mol. The third-order valence-electron chi connectivity index (χ3n) is 3.62. The van der Waals surface area contributed by atoms with Crippen molar-refractivity contribution in [1.82, 2.24) is 9.80 Å². The molecule has 3 nitrogen and oxygen atoms in total. The third-order valence-corrected chi connectivity index (χ3v) is 4.99. The summed E-state index contributed by atoms with van der Waals surface area (Å²) in [6.45, 7) is 11.1. The van der Waals surface area contributed by atoms with Crippen molar-refractivity contribution in [2.24, 2.45) is 0 Å². The molecular weight excluding hydrogens is 443 g/mol. The van der Waals surface area contributed by atoms with Gasteiger partial charge in [-0.1, -0.05) is 13.8 Å². The zero-order valence-corrected chi connectivity index (χ0v) is 16.8. The summed E-state index contributed by atoms with van der Waals surface area (Å²) in [5, 5.41) is 0. The molecule has 1 amide bonds. The molecule has 0 saturated carbocycles.